The molecule has 0 saturated heterocycles. The maximum atomic E-state index is 11.7. The molecule has 5 nitrogen and oxygen atoms in total. The van der Waals surface area contributed by atoms with E-state index >= 15 is 0 Å². The molecule has 1 aromatic carbocycles. The second kappa shape index (κ2) is 8.67. The Morgan fingerprint density at radius 1 is 1.38 bits per heavy atom. The summed E-state index contributed by atoms with van der Waals surface area (Å²) in [5.74, 6) is -0.405. The first kappa shape index (κ1) is 17.5. The van der Waals surface area contributed by atoms with Crippen LogP contribution in [0.15, 0.2) is 30.9 Å². The van der Waals surface area contributed by atoms with Crippen LogP contribution in [0.3, 0.4) is 0 Å². The molecule has 0 aliphatic rings. The summed E-state index contributed by atoms with van der Waals surface area (Å²) in [6.07, 6.45) is 1.53. The van der Waals surface area contributed by atoms with Crippen LogP contribution in [0.2, 0.25) is 10.0 Å². The lowest BCUT2D eigenvalue weighted by Crippen LogP contribution is -2.43. The largest absolute Gasteiger partial charge is 0.334 e. The van der Waals surface area contributed by atoms with Gasteiger partial charge < -0.3 is 5.32 Å². The Bertz CT molecular complexity index is 535. The number of carbonyl (C=O) groups is 2. The Labute approximate surface area is 133 Å². The number of carbonyl (C=O) groups excluding carboxylic acids is 2. The van der Waals surface area contributed by atoms with Gasteiger partial charge in [-0.05, 0) is 18.7 Å². The fourth-order valence-corrected chi connectivity index (χ4v) is 2.02. The molecular weight excluding hydrogens is 313 g/mol. The molecule has 114 valence electrons. The molecule has 0 unspecified atom stereocenters. The molecule has 0 atom stereocenters. The quantitative estimate of drug-likeness (QED) is 0.788. The molecule has 0 aromatic heterocycles. The monoisotopic (exact) mass is 329 g/mol. The van der Waals surface area contributed by atoms with E-state index in [4.69, 9.17) is 23.2 Å². The van der Waals surface area contributed by atoms with Crippen molar-refractivity contribution in [1.82, 2.24) is 15.5 Å². The average Bonchev–Trinajstić information content (AvgIpc) is 2.41. The van der Waals surface area contributed by atoms with Crippen LogP contribution in [0.5, 0.6) is 0 Å². The van der Waals surface area contributed by atoms with Crippen molar-refractivity contribution in [2.75, 3.05) is 20.1 Å². The van der Waals surface area contributed by atoms with E-state index in [0.717, 1.165) is 5.56 Å². The first-order valence-corrected chi connectivity index (χ1v) is 6.99. The van der Waals surface area contributed by atoms with Gasteiger partial charge in [0.25, 0.3) is 0 Å². The Kier molecular flexibility index (Phi) is 7.22. The van der Waals surface area contributed by atoms with Crippen molar-refractivity contribution >= 4 is 35.1 Å². The molecule has 0 heterocycles. The molecule has 7 heteroatoms. The van der Waals surface area contributed by atoms with Gasteiger partial charge in [0.05, 0.1) is 16.6 Å². The van der Waals surface area contributed by atoms with Gasteiger partial charge in [0.1, 0.15) is 0 Å². The van der Waals surface area contributed by atoms with E-state index in [2.05, 4.69) is 17.2 Å². The molecule has 0 fully saturated rings. The van der Waals surface area contributed by atoms with Crippen LogP contribution in [0.1, 0.15) is 5.56 Å². The highest BCUT2D eigenvalue weighted by atomic mass is 35.5. The number of imide groups is 1. The number of rotatable bonds is 6. The second-order valence-electron chi connectivity index (χ2n) is 4.43. The fraction of sp³-hybridized carbons (Fsp3) is 0.286. The molecule has 0 aliphatic heterocycles. The lowest BCUT2D eigenvalue weighted by atomic mass is 10.2. The Hall–Kier alpha value is -1.56. The lowest BCUT2D eigenvalue weighted by Gasteiger charge is -2.17. The van der Waals surface area contributed by atoms with Gasteiger partial charge in [0, 0.05) is 13.1 Å². The number of urea groups is 1. The molecular formula is C14H17Cl2N3O2. The first-order valence-electron chi connectivity index (χ1n) is 6.24. The summed E-state index contributed by atoms with van der Waals surface area (Å²) >= 11 is 12.0. The van der Waals surface area contributed by atoms with E-state index in [0.29, 0.717) is 23.1 Å². The standard InChI is InChI=1S/C14H17Cl2N3O2/c1-3-7-17-14(21)18-12(20)9-19(2)8-10-5-4-6-11(15)13(10)16/h3-6H,1,7-9H2,2H3,(H2,17,18,20,21). The minimum Gasteiger partial charge on any atom is -0.334 e. The molecule has 2 N–H and O–H groups in total. The zero-order chi connectivity index (χ0) is 15.8. The molecule has 3 amide bonds. The molecule has 1 aromatic rings. The summed E-state index contributed by atoms with van der Waals surface area (Å²) in [4.78, 5) is 24.7. The van der Waals surface area contributed by atoms with Gasteiger partial charge in [-0.2, -0.15) is 0 Å². The third-order valence-corrected chi connectivity index (χ3v) is 3.40. The number of nitrogens with zero attached hydrogens (tertiary/aromatic N) is 1. The van der Waals surface area contributed by atoms with Crippen LogP contribution in [-0.4, -0.2) is 37.0 Å². The van der Waals surface area contributed by atoms with Gasteiger partial charge in [-0.15, -0.1) is 6.58 Å². The zero-order valence-corrected chi connectivity index (χ0v) is 13.2. The number of hydrogen-bond donors (Lipinski definition) is 2. The fourth-order valence-electron chi connectivity index (χ4n) is 1.64. The number of amides is 3. The van der Waals surface area contributed by atoms with E-state index in [1.165, 1.54) is 6.08 Å². The number of nitrogens with one attached hydrogen (secondary N) is 2. The van der Waals surface area contributed by atoms with Gasteiger partial charge in [0.15, 0.2) is 0 Å². The van der Waals surface area contributed by atoms with Crippen molar-refractivity contribution < 1.29 is 9.59 Å². The normalized spacial score (nSPS) is 10.3. The Balaban J connectivity index is 2.47. The van der Waals surface area contributed by atoms with E-state index in [9.17, 15) is 9.59 Å². The Morgan fingerprint density at radius 2 is 2.10 bits per heavy atom. The number of likely N-dealkylation sites (N-methyl/N-ethyl adjacent to an activating group) is 1. The molecule has 0 aliphatic carbocycles. The minimum atomic E-state index is -0.547. The number of hydrogen-bond acceptors (Lipinski definition) is 3. The van der Waals surface area contributed by atoms with Crippen molar-refractivity contribution in [3.63, 3.8) is 0 Å². The average molecular weight is 330 g/mol. The van der Waals surface area contributed by atoms with Crippen molar-refractivity contribution in [3.05, 3.63) is 46.5 Å². The smallest absolute Gasteiger partial charge is 0.321 e. The summed E-state index contributed by atoms with van der Waals surface area (Å²) in [6.45, 7) is 4.27. The van der Waals surface area contributed by atoms with Crippen molar-refractivity contribution in [2.45, 2.75) is 6.54 Å². The molecule has 1 rings (SSSR count). The minimum absolute atomic E-state index is 0.0599. The summed E-state index contributed by atoms with van der Waals surface area (Å²) in [5, 5.41) is 5.61. The molecule has 0 radical (unpaired) electrons. The molecule has 0 spiro atoms. The summed E-state index contributed by atoms with van der Waals surface area (Å²) in [5.41, 5.74) is 0.815. The molecule has 0 bridgehead atoms. The van der Waals surface area contributed by atoms with Crippen LogP contribution in [0, 0.1) is 0 Å². The third-order valence-electron chi connectivity index (χ3n) is 2.55. The highest BCUT2D eigenvalue weighted by molar-refractivity contribution is 6.42. The van der Waals surface area contributed by atoms with Crippen molar-refractivity contribution in [2.24, 2.45) is 0 Å². The van der Waals surface area contributed by atoms with Crippen LogP contribution in [-0.2, 0) is 11.3 Å². The predicted octanol–water partition coefficient (Wildman–Crippen LogP) is 2.44. The summed E-state index contributed by atoms with van der Waals surface area (Å²) < 4.78 is 0. The van der Waals surface area contributed by atoms with E-state index in [1.54, 1.807) is 24.1 Å². The van der Waals surface area contributed by atoms with Gasteiger partial charge in [0.2, 0.25) is 5.91 Å². The zero-order valence-electron chi connectivity index (χ0n) is 11.7. The van der Waals surface area contributed by atoms with E-state index in [-0.39, 0.29) is 6.54 Å². The third kappa shape index (κ3) is 6.16. The van der Waals surface area contributed by atoms with E-state index in [1.807, 2.05) is 6.07 Å². The highest BCUT2D eigenvalue weighted by Gasteiger charge is 2.12. The van der Waals surface area contributed by atoms with Crippen molar-refractivity contribution in [1.29, 1.82) is 0 Å². The SMILES string of the molecule is C=CCNC(=O)NC(=O)CN(C)Cc1cccc(Cl)c1Cl. The number of benzene rings is 1. The van der Waals surface area contributed by atoms with Gasteiger partial charge in [-0.3, -0.25) is 15.0 Å². The van der Waals surface area contributed by atoms with Gasteiger partial charge >= 0.3 is 6.03 Å². The molecule has 0 saturated carbocycles. The van der Waals surface area contributed by atoms with E-state index < -0.39 is 11.9 Å². The van der Waals surface area contributed by atoms with Crippen LogP contribution in [0.4, 0.5) is 4.79 Å². The van der Waals surface area contributed by atoms with Crippen LogP contribution >= 0.6 is 23.2 Å². The predicted molar refractivity (Wildman–Crippen MR) is 84.5 cm³/mol. The van der Waals surface area contributed by atoms with Gasteiger partial charge in [-0.1, -0.05) is 41.4 Å². The highest BCUT2D eigenvalue weighted by Crippen LogP contribution is 2.26. The first-order chi connectivity index (χ1) is 9.93. The molecule has 21 heavy (non-hydrogen) atoms. The summed E-state index contributed by atoms with van der Waals surface area (Å²) in [6, 6.07) is 4.78. The van der Waals surface area contributed by atoms with Crippen molar-refractivity contribution in [3.8, 4) is 0 Å². The lowest BCUT2D eigenvalue weighted by molar-refractivity contribution is -0.120. The maximum absolute atomic E-state index is 11.7. The van der Waals surface area contributed by atoms with Crippen LogP contribution < -0.4 is 10.6 Å². The second-order valence-corrected chi connectivity index (χ2v) is 5.22. The maximum Gasteiger partial charge on any atom is 0.321 e. The van der Waals surface area contributed by atoms with Gasteiger partial charge in [-0.25, -0.2) is 4.79 Å². The number of halogens is 2. The topological polar surface area (TPSA) is 61.4 Å². The Morgan fingerprint density at radius 3 is 2.76 bits per heavy atom. The summed E-state index contributed by atoms with van der Waals surface area (Å²) in [7, 11) is 1.75. The van der Waals surface area contributed by atoms with Crippen LogP contribution in [0.25, 0.3) is 0 Å².